The quantitative estimate of drug-likeness (QED) is 0.861. The molecule has 0 aliphatic heterocycles. The van der Waals surface area contributed by atoms with Crippen molar-refractivity contribution in [2.24, 2.45) is 0 Å². The molecule has 2 rings (SSSR count). The molecule has 1 aliphatic carbocycles. The standard InChI is InChI=1S/C15H23NO/c1-12(13-7-4-3-5-8-13)16-14-9-6-10-15(11-14)17-2/h3-5,7-8,12,14-16H,6,9-11H2,1-2H3/t12-,14?,15?/m1/s1. The second-order valence-corrected chi connectivity index (χ2v) is 5.02. The highest BCUT2D eigenvalue weighted by molar-refractivity contribution is 5.18. The Balaban J connectivity index is 1.88. The molecule has 0 spiro atoms. The molecule has 0 aromatic heterocycles. The number of benzene rings is 1. The van der Waals surface area contributed by atoms with Crippen LogP contribution in [0.1, 0.15) is 44.2 Å². The Bertz CT molecular complexity index is 325. The zero-order valence-corrected chi connectivity index (χ0v) is 10.9. The molecule has 1 saturated carbocycles. The minimum absolute atomic E-state index is 0.428. The van der Waals surface area contributed by atoms with Crippen molar-refractivity contribution in [3.05, 3.63) is 35.9 Å². The number of rotatable bonds is 4. The highest BCUT2D eigenvalue weighted by Gasteiger charge is 2.22. The summed E-state index contributed by atoms with van der Waals surface area (Å²) in [5.41, 5.74) is 1.37. The van der Waals surface area contributed by atoms with E-state index in [0.29, 0.717) is 18.2 Å². The molecule has 2 heteroatoms. The molecule has 1 aliphatic rings. The molecule has 1 aromatic rings. The van der Waals surface area contributed by atoms with Crippen LogP contribution in [0.25, 0.3) is 0 Å². The third kappa shape index (κ3) is 3.55. The van der Waals surface area contributed by atoms with Gasteiger partial charge in [-0.15, -0.1) is 0 Å². The van der Waals surface area contributed by atoms with Gasteiger partial charge in [0.05, 0.1) is 6.10 Å². The first-order valence-corrected chi connectivity index (χ1v) is 6.63. The van der Waals surface area contributed by atoms with Gasteiger partial charge >= 0.3 is 0 Å². The Morgan fingerprint density at radius 1 is 1.24 bits per heavy atom. The molecule has 1 aromatic carbocycles. The Morgan fingerprint density at radius 3 is 2.71 bits per heavy atom. The Hall–Kier alpha value is -0.860. The molecule has 1 N–H and O–H groups in total. The molecule has 0 heterocycles. The van der Waals surface area contributed by atoms with Crippen molar-refractivity contribution in [1.82, 2.24) is 5.32 Å². The summed E-state index contributed by atoms with van der Waals surface area (Å²) in [4.78, 5) is 0. The van der Waals surface area contributed by atoms with Crippen LogP contribution >= 0.6 is 0 Å². The van der Waals surface area contributed by atoms with E-state index < -0.39 is 0 Å². The summed E-state index contributed by atoms with van der Waals surface area (Å²) in [5.74, 6) is 0. The maximum absolute atomic E-state index is 5.47. The van der Waals surface area contributed by atoms with Gasteiger partial charge in [-0.1, -0.05) is 30.3 Å². The van der Waals surface area contributed by atoms with Crippen molar-refractivity contribution in [3.63, 3.8) is 0 Å². The zero-order chi connectivity index (χ0) is 12.1. The van der Waals surface area contributed by atoms with Gasteiger partial charge in [0.1, 0.15) is 0 Å². The number of nitrogens with one attached hydrogen (secondary N) is 1. The summed E-state index contributed by atoms with van der Waals surface area (Å²) in [6.45, 7) is 2.24. The fraction of sp³-hybridized carbons (Fsp3) is 0.600. The van der Waals surface area contributed by atoms with E-state index in [0.717, 1.165) is 6.42 Å². The highest BCUT2D eigenvalue weighted by atomic mass is 16.5. The molecule has 2 nitrogen and oxygen atoms in total. The second kappa shape index (κ2) is 6.18. The van der Waals surface area contributed by atoms with Gasteiger partial charge in [0.2, 0.25) is 0 Å². The average molecular weight is 233 g/mol. The highest BCUT2D eigenvalue weighted by Crippen LogP contribution is 2.23. The van der Waals surface area contributed by atoms with Gasteiger partial charge in [-0.3, -0.25) is 0 Å². The molecule has 2 unspecified atom stereocenters. The van der Waals surface area contributed by atoms with E-state index in [1.54, 1.807) is 0 Å². The topological polar surface area (TPSA) is 21.3 Å². The Kier molecular flexibility index (Phi) is 4.57. The Morgan fingerprint density at radius 2 is 2.00 bits per heavy atom. The first-order valence-electron chi connectivity index (χ1n) is 6.63. The minimum Gasteiger partial charge on any atom is -0.381 e. The van der Waals surface area contributed by atoms with Gasteiger partial charge < -0.3 is 10.1 Å². The van der Waals surface area contributed by atoms with Crippen molar-refractivity contribution >= 4 is 0 Å². The smallest absolute Gasteiger partial charge is 0.0586 e. The normalized spacial score (nSPS) is 26.7. The van der Waals surface area contributed by atoms with Gasteiger partial charge in [0.15, 0.2) is 0 Å². The van der Waals surface area contributed by atoms with E-state index in [4.69, 9.17) is 4.74 Å². The van der Waals surface area contributed by atoms with Crippen LogP contribution in [0.5, 0.6) is 0 Å². The van der Waals surface area contributed by atoms with Gasteiger partial charge in [-0.05, 0) is 38.2 Å². The molecule has 0 radical (unpaired) electrons. The fourth-order valence-corrected chi connectivity index (χ4v) is 2.70. The van der Waals surface area contributed by atoms with Crippen LogP contribution in [0, 0.1) is 0 Å². The van der Waals surface area contributed by atoms with E-state index >= 15 is 0 Å². The molecule has 1 fully saturated rings. The minimum atomic E-state index is 0.428. The summed E-state index contributed by atoms with van der Waals surface area (Å²) in [5, 5.41) is 3.72. The Labute approximate surface area is 104 Å². The number of hydrogen-bond donors (Lipinski definition) is 1. The number of hydrogen-bond acceptors (Lipinski definition) is 2. The van der Waals surface area contributed by atoms with Gasteiger partial charge in [-0.25, -0.2) is 0 Å². The van der Waals surface area contributed by atoms with Crippen molar-refractivity contribution in [3.8, 4) is 0 Å². The second-order valence-electron chi connectivity index (χ2n) is 5.02. The lowest BCUT2D eigenvalue weighted by Gasteiger charge is -2.31. The van der Waals surface area contributed by atoms with Crippen LogP contribution in [-0.2, 0) is 4.74 Å². The lowest BCUT2D eigenvalue weighted by Crippen LogP contribution is -2.38. The van der Waals surface area contributed by atoms with Crippen LogP contribution in [-0.4, -0.2) is 19.3 Å². The molecule has 0 amide bonds. The van der Waals surface area contributed by atoms with E-state index in [9.17, 15) is 0 Å². The van der Waals surface area contributed by atoms with E-state index in [1.165, 1.54) is 24.8 Å². The van der Waals surface area contributed by atoms with Crippen LogP contribution in [0.4, 0.5) is 0 Å². The van der Waals surface area contributed by atoms with E-state index in [-0.39, 0.29) is 0 Å². The van der Waals surface area contributed by atoms with Gasteiger partial charge in [-0.2, -0.15) is 0 Å². The maximum atomic E-state index is 5.47. The predicted molar refractivity (Wildman–Crippen MR) is 71.0 cm³/mol. The van der Waals surface area contributed by atoms with Crippen LogP contribution < -0.4 is 5.32 Å². The van der Waals surface area contributed by atoms with Gasteiger partial charge in [0, 0.05) is 19.2 Å². The first-order chi connectivity index (χ1) is 8.29. The van der Waals surface area contributed by atoms with Gasteiger partial charge in [0.25, 0.3) is 0 Å². The molecule has 3 atom stereocenters. The fourth-order valence-electron chi connectivity index (χ4n) is 2.70. The maximum Gasteiger partial charge on any atom is 0.0586 e. The number of ether oxygens (including phenoxy) is 1. The van der Waals surface area contributed by atoms with Crippen LogP contribution in [0.3, 0.4) is 0 Å². The summed E-state index contributed by atoms with van der Waals surface area (Å²) in [6, 6.07) is 11.7. The molecule has 94 valence electrons. The zero-order valence-electron chi connectivity index (χ0n) is 10.9. The summed E-state index contributed by atoms with van der Waals surface area (Å²) in [6.07, 6.45) is 5.36. The van der Waals surface area contributed by atoms with Crippen molar-refractivity contribution < 1.29 is 4.74 Å². The summed E-state index contributed by atoms with van der Waals surface area (Å²) in [7, 11) is 1.83. The summed E-state index contributed by atoms with van der Waals surface area (Å²) >= 11 is 0. The third-order valence-corrected chi connectivity index (χ3v) is 3.74. The molecule has 0 bridgehead atoms. The lowest BCUT2D eigenvalue weighted by atomic mass is 9.92. The van der Waals surface area contributed by atoms with Crippen LogP contribution in [0.15, 0.2) is 30.3 Å². The third-order valence-electron chi connectivity index (χ3n) is 3.74. The van der Waals surface area contributed by atoms with Crippen molar-refractivity contribution in [2.75, 3.05) is 7.11 Å². The van der Waals surface area contributed by atoms with Crippen LogP contribution in [0.2, 0.25) is 0 Å². The summed E-state index contributed by atoms with van der Waals surface area (Å²) < 4.78 is 5.47. The largest absolute Gasteiger partial charge is 0.381 e. The predicted octanol–water partition coefficient (Wildman–Crippen LogP) is 3.29. The van der Waals surface area contributed by atoms with E-state index in [1.807, 2.05) is 7.11 Å². The molecular formula is C15H23NO. The average Bonchev–Trinajstić information content (AvgIpc) is 2.40. The van der Waals surface area contributed by atoms with Crippen molar-refractivity contribution in [2.45, 2.75) is 50.8 Å². The van der Waals surface area contributed by atoms with Crippen molar-refractivity contribution in [1.29, 1.82) is 0 Å². The molecule has 17 heavy (non-hydrogen) atoms. The molecule has 0 saturated heterocycles. The first kappa shape index (κ1) is 12.6. The number of methoxy groups -OCH3 is 1. The molecular weight excluding hydrogens is 210 g/mol. The SMILES string of the molecule is COC1CCCC(N[C@H](C)c2ccccc2)C1. The monoisotopic (exact) mass is 233 g/mol. The van der Waals surface area contributed by atoms with E-state index in [2.05, 4.69) is 42.6 Å². The lowest BCUT2D eigenvalue weighted by molar-refractivity contribution is 0.0572.